The summed E-state index contributed by atoms with van der Waals surface area (Å²) in [5.41, 5.74) is 3.17. The van der Waals surface area contributed by atoms with Crippen molar-refractivity contribution in [3.63, 3.8) is 0 Å². The summed E-state index contributed by atoms with van der Waals surface area (Å²) in [4.78, 5) is 14.5. The van der Waals surface area contributed by atoms with Gasteiger partial charge >= 0.3 is 0 Å². The van der Waals surface area contributed by atoms with Gasteiger partial charge in [-0.05, 0) is 43.2 Å². The summed E-state index contributed by atoms with van der Waals surface area (Å²) in [7, 11) is 0. The highest BCUT2D eigenvalue weighted by Crippen LogP contribution is 2.17. The van der Waals surface area contributed by atoms with Gasteiger partial charge < -0.3 is 15.0 Å². The Labute approximate surface area is 143 Å². The molecule has 0 aromatic heterocycles. The zero-order valence-electron chi connectivity index (χ0n) is 14.1. The van der Waals surface area contributed by atoms with Gasteiger partial charge in [-0.25, -0.2) is 0 Å². The van der Waals surface area contributed by atoms with Crippen LogP contribution in [-0.2, 0) is 11.2 Å². The van der Waals surface area contributed by atoms with Crippen LogP contribution in [-0.4, -0.2) is 38.3 Å². The van der Waals surface area contributed by atoms with E-state index in [0.717, 1.165) is 32.7 Å². The predicted octanol–water partition coefficient (Wildman–Crippen LogP) is 2.88. The highest BCUT2D eigenvalue weighted by atomic mass is 16.5. The molecule has 0 spiro atoms. The Kier molecular flexibility index (Phi) is 5.49. The number of carbonyl (C=O) groups excluding carboxylic acids is 1. The number of nitrogens with one attached hydrogen (secondary N) is 1. The van der Waals surface area contributed by atoms with Gasteiger partial charge in [0.25, 0.3) is 5.91 Å². The largest absolute Gasteiger partial charge is 0.378 e. The average molecular weight is 324 g/mol. The molecule has 126 valence electrons. The number of hydrogen-bond donors (Lipinski definition) is 1. The van der Waals surface area contributed by atoms with E-state index in [1.165, 1.54) is 11.3 Å². The van der Waals surface area contributed by atoms with E-state index in [1.807, 2.05) is 37.3 Å². The quantitative estimate of drug-likeness (QED) is 0.919. The molecule has 2 aromatic rings. The maximum atomic E-state index is 12.2. The summed E-state index contributed by atoms with van der Waals surface area (Å²) in [5, 5.41) is 3.06. The molecule has 0 aliphatic carbocycles. The van der Waals surface area contributed by atoms with Crippen molar-refractivity contribution in [2.24, 2.45) is 0 Å². The normalized spacial score (nSPS) is 15.8. The second-order valence-electron chi connectivity index (χ2n) is 6.21. The van der Waals surface area contributed by atoms with Gasteiger partial charge in [0, 0.05) is 30.4 Å². The fraction of sp³-hybridized carbons (Fsp3) is 0.350. The predicted molar refractivity (Wildman–Crippen MR) is 96.5 cm³/mol. The molecule has 1 atom stereocenters. The summed E-state index contributed by atoms with van der Waals surface area (Å²) in [5.74, 6) is -0.0203. The number of nitrogens with zero attached hydrogens (tertiary/aromatic N) is 1. The first-order valence-electron chi connectivity index (χ1n) is 8.50. The molecule has 1 unspecified atom stereocenters. The molecular formula is C20H24N2O2. The highest BCUT2D eigenvalue weighted by molar-refractivity contribution is 5.94. The van der Waals surface area contributed by atoms with Gasteiger partial charge in [-0.1, -0.05) is 30.3 Å². The first-order valence-corrected chi connectivity index (χ1v) is 8.50. The van der Waals surface area contributed by atoms with Gasteiger partial charge in [0.2, 0.25) is 0 Å². The van der Waals surface area contributed by atoms with Crippen LogP contribution in [0.2, 0.25) is 0 Å². The van der Waals surface area contributed by atoms with Crippen LogP contribution in [0.1, 0.15) is 22.8 Å². The molecule has 1 aliphatic rings. The molecule has 0 radical (unpaired) electrons. The molecule has 1 saturated heterocycles. The molecule has 24 heavy (non-hydrogen) atoms. The van der Waals surface area contributed by atoms with Crippen molar-refractivity contribution in [2.45, 2.75) is 19.4 Å². The van der Waals surface area contributed by atoms with Gasteiger partial charge in [-0.3, -0.25) is 4.79 Å². The number of amides is 1. The van der Waals surface area contributed by atoms with Crippen LogP contribution in [0.25, 0.3) is 0 Å². The van der Waals surface area contributed by atoms with Crippen LogP contribution < -0.4 is 10.2 Å². The summed E-state index contributed by atoms with van der Waals surface area (Å²) in [6.45, 7) is 5.52. The van der Waals surface area contributed by atoms with E-state index in [0.29, 0.717) is 5.56 Å². The fourth-order valence-corrected chi connectivity index (χ4v) is 2.97. The zero-order chi connectivity index (χ0) is 16.8. The first kappa shape index (κ1) is 16.5. The molecular weight excluding hydrogens is 300 g/mol. The van der Waals surface area contributed by atoms with Crippen molar-refractivity contribution in [1.29, 1.82) is 0 Å². The third-order valence-electron chi connectivity index (χ3n) is 4.27. The van der Waals surface area contributed by atoms with Gasteiger partial charge in [0.05, 0.1) is 13.2 Å². The van der Waals surface area contributed by atoms with Crippen LogP contribution in [0.15, 0.2) is 54.6 Å². The van der Waals surface area contributed by atoms with Crippen molar-refractivity contribution < 1.29 is 9.53 Å². The van der Waals surface area contributed by atoms with E-state index in [-0.39, 0.29) is 11.9 Å². The number of morpholine rings is 1. The lowest BCUT2D eigenvalue weighted by Gasteiger charge is -2.29. The minimum Gasteiger partial charge on any atom is -0.378 e. The van der Waals surface area contributed by atoms with Crippen molar-refractivity contribution in [1.82, 2.24) is 5.32 Å². The molecule has 4 nitrogen and oxygen atoms in total. The number of anilines is 1. The van der Waals surface area contributed by atoms with E-state index in [1.54, 1.807) is 0 Å². The van der Waals surface area contributed by atoms with Gasteiger partial charge in [0.15, 0.2) is 0 Å². The van der Waals surface area contributed by atoms with Crippen molar-refractivity contribution in [2.75, 3.05) is 31.2 Å². The Morgan fingerprint density at radius 2 is 1.75 bits per heavy atom. The second kappa shape index (κ2) is 7.97. The molecule has 1 fully saturated rings. The second-order valence-corrected chi connectivity index (χ2v) is 6.21. The van der Waals surface area contributed by atoms with E-state index in [4.69, 9.17) is 4.74 Å². The smallest absolute Gasteiger partial charge is 0.251 e. The number of benzene rings is 2. The first-order chi connectivity index (χ1) is 11.7. The molecule has 0 bridgehead atoms. The Bertz CT molecular complexity index is 649. The number of ether oxygens (including phenoxy) is 1. The SMILES string of the molecule is CC(Cc1ccc(N2CCOCC2)cc1)NC(=O)c1ccccc1. The summed E-state index contributed by atoms with van der Waals surface area (Å²) in [6.07, 6.45) is 0.821. The van der Waals surface area contributed by atoms with Crippen LogP contribution in [0.5, 0.6) is 0 Å². The lowest BCUT2D eigenvalue weighted by atomic mass is 10.1. The Balaban J connectivity index is 1.54. The number of carbonyl (C=O) groups is 1. The summed E-state index contributed by atoms with van der Waals surface area (Å²) < 4.78 is 5.39. The summed E-state index contributed by atoms with van der Waals surface area (Å²) in [6, 6.07) is 18.0. The van der Waals surface area contributed by atoms with Crippen LogP contribution >= 0.6 is 0 Å². The molecule has 2 aromatic carbocycles. The maximum Gasteiger partial charge on any atom is 0.251 e. The Morgan fingerprint density at radius 1 is 1.08 bits per heavy atom. The lowest BCUT2D eigenvalue weighted by Crippen LogP contribution is -2.36. The minimum absolute atomic E-state index is 0.0203. The monoisotopic (exact) mass is 324 g/mol. The Hall–Kier alpha value is -2.33. The van der Waals surface area contributed by atoms with Gasteiger partial charge in [0.1, 0.15) is 0 Å². The topological polar surface area (TPSA) is 41.6 Å². The van der Waals surface area contributed by atoms with E-state index >= 15 is 0 Å². The Morgan fingerprint density at radius 3 is 2.42 bits per heavy atom. The fourth-order valence-electron chi connectivity index (χ4n) is 2.97. The molecule has 1 heterocycles. The molecule has 4 heteroatoms. The summed E-state index contributed by atoms with van der Waals surface area (Å²) >= 11 is 0. The number of rotatable bonds is 5. The van der Waals surface area contributed by atoms with Crippen molar-refractivity contribution in [3.05, 3.63) is 65.7 Å². The average Bonchev–Trinajstić information content (AvgIpc) is 2.64. The molecule has 0 saturated carbocycles. The van der Waals surface area contributed by atoms with E-state index in [9.17, 15) is 4.79 Å². The molecule has 1 aliphatic heterocycles. The molecule has 3 rings (SSSR count). The van der Waals surface area contributed by atoms with Crippen LogP contribution in [0, 0.1) is 0 Å². The van der Waals surface area contributed by atoms with E-state index < -0.39 is 0 Å². The highest BCUT2D eigenvalue weighted by Gasteiger charge is 2.12. The zero-order valence-corrected chi connectivity index (χ0v) is 14.1. The van der Waals surface area contributed by atoms with Gasteiger partial charge in [-0.15, -0.1) is 0 Å². The van der Waals surface area contributed by atoms with Crippen LogP contribution in [0.4, 0.5) is 5.69 Å². The van der Waals surface area contributed by atoms with Crippen molar-refractivity contribution >= 4 is 11.6 Å². The molecule has 1 amide bonds. The standard InChI is InChI=1S/C20H24N2O2/c1-16(21-20(23)18-5-3-2-4-6-18)15-17-7-9-19(10-8-17)22-11-13-24-14-12-22/h2-10,16H,11-15H2,1H3,(H,21,23). The number of hydrogen-bond acceptors (Lipinski definition) is 3. The van der Waals surface area contributed by atoms with Gasteiger partial charge in [-0.2, -0.15) is 0 Å². The third-order valence-corrected chi connectivity index (χ3v) is 4.27. The van der Waals surface area contributed by atoms with Crippen molar-refractivity contribution in [3.8, 4) is 0 Å². The maximum absolute atomic E-state index is 12.2. The minimum atomic E-state index is -0.0203. The molecule has 1 N–H and O–H groups in total. The van der Waals surface area contributed by atoms with Crippen LogP contribution in [0.3, 0.4) is 0 Å². The lowest BCUT2D eigenvalue weighted by molar-refractivity contribution is 0.0940. The third kappa shape index (κ3) is 4.36. The van der Waals surface area contributed by atoms with E-state index in [2.05, 4.69) is 34.5 Å².